The fourth-order valence-electron chi connectivity index (χ4n) is 2.38. The number of nitrogens with one attached hydrogen (secondary N) is 1. The van der Waals surface area contributed by atoms with Crippen LogP contribution in [0.25, 0.3) is 0 Å². The predicted molar refractivity (Wildman–Crippen MR) is 90.8 cm³/mol. The van der Waals surface area contributed by atoms with Crippen LogP contribution in [0.5, 0.6) is 0 Å². The van der Waals surface area contributed by atoms with Crippen molar-refractivity contribution < 1.29 is 5.11 Å². The minimum Gasteiger partial charge on any atom is -0.387 e. The molecule has 2 rings (SSSR count). The largest absolute Gasteiger partial charge is 0.387 e. The van der Waals surface area contributed by atoms with Gasteiger partial charge < -0.3 is 10.4 Å². The van der Waals surface area contributed by atoms with Crippen molar-refractivity contribution in [1.82, 2.24) is 10.3 Å². The van der Waals surface area contributed by atoms with Gasteiger partial charge in [-0.3, -0.25) is 4.98 Å². The van der Waals surface area contributed by atoms with Gasteiger partial charge in [0.05, 0.1) is 6.10 Å². The van der Waals surface area contributed by atoms with Gasteiger partial charge in [-0.2, -0.15) is 0 Å². The van der Waals surface area contributed by atoms with Gasteiger partial charge in [-0.25, -0.2) is 0 Å². The zero-order valence-corrected chi connectivity index (χ0v) is 13.9. The van der Waals surface area contributed by atoms with Crippen LogP contribution < -0.4 is 5.32 Å². The molecule has 0 aliphatic rings. The zero-order valence-electron chi connectivity index (χ0n) is 13.9. The van der Waals surface area contributed by atoms with Crippen molar-refractivity contribution in [3.8, 4) is 0 Å². The van der Waals surface area contributed by atoms with E-state index in [9.17, 15) is 5.11 Å². The maximum atomic E-state index is 10.3. The molecule has 22 heavy (non-hydrogen) atoms. The van der Waals surface area contributed by atoms with Gasteiger partial charge in [-0.15, -0.1) is 0 Å². The van der Waals surface area contributed by atoms with E-state index in [1.165, 1.54) is 11.1 Å². The van der Waals surface area contributed by atoms with E-state index in [4.69, 9.17) is 0 Å². The molecular weight excluding hydrogens is 272 g/mol. The highest BCUT2D eigenvalue weighted by Gasteiger charge is 2.15. The Balaban J connectivity index is 1.93. The average Bonchev–Trinajstić information content (AvgIpc) is 2.52. The summed E-state index contributed by atoms with van der Waals surface area (Å²) in [5.41, 5.74) is 3.53. The van der Waals surface area contributed by atoms with Crippen LogP contribution in [0, 0.1) is 0 Å². The van der Waals surface area contributed by atoms with Crippen LogP contribution in [0.15, 0.2) is 48.8 Å². The quantitative estimate of drug-likeness (QED) is 0.883. The molecule has 0 saturated heterocycles. The van der Waals surface area contributed by atoms with Crippen molar-refractivity contribution >= 4 is 0 Å². The van der Waals surface area contributed by atoms with Crippen molar-refractivity contribution in [2.24, 2.45) is 0 Å². The Labute approximate surface area is 133 Å². The molecule has 0 amide bonds. The summed E-state index contributed by atoms with van der Waals surface area (Å²) in [5, 5.41) is 13.7. The Bertz CT molecular complexity index is 573. The zero-order chi connectivity index (χ0) is 16.2. The normalized spacial score (nSPS) is 14.6. The third kappa shape index (κ3) is 4.39. The van der Waals surface area contributed by atoms with Crippen molar-refractivity contribution in [3.05, 3.63) is 65.5 Å². The molecule has 2 N–H and O–H groups in total. The van der Waals surface area contributed by atoms with Gasteiger partial charge >= 0.3 is 0 Å². The molecule has 0 radical (unpaired) electrons. The molecule has 0 aliphatic carbocycles. The Morgan fingerprint density at radius 1 is 1.00 bits per heavy atom. The van der Waals surface area contributed by atoms with Crippen molar-refractivity contribution in [3.63, 3.8) is 0 Å². The molecule has 3 nitrogen and oxygen atoms in total. The second kappa shape index (κ2) is 7.03. The monoisotopic (exact) mass is 298 g/mol. The molecule has 2 atom stereocenters. The Morgan fingerprint density at radius 2 is 1.59 bits per heavy atom. The van der Waals surface area contributed by atoms with Crippen molar-refractivity contribution in [2.45, 2.75) is 45.3 Å². The molecule has 0 fully saturated rings. The van der Waals surface area contributed by atoms with Crippen LogP contribution in [0.2, 0.25) is 0 Å². The molecule has 2 aromatic rings. The van der Waals surface area contributed by atoms with Crippen LogP contribution in [-0.2, 0) is 5.41 Å². The van der Waals surface area contributed by atoms with Crippen LogP contribution in [-0.4, -0.2) is 16.6 Å². The highest BCUT2D eigenvalue weighted by atomic mass is 16.3. The smallest absolute Gasteiger partial charge is 0.0914 e. The van der Waals surface area contributed by atoms with Crippen molar-refractivity contribution in [2.75, 3.05) is 6.54 Å². The highest BCUT2D eigenvalue weighted by Crippen LogP contribution is 2.24. The lowest BCUT2D eigenvalue weighted by molar-refractivity contribution is 0.170. The summed E-state index contributed by atoms with van der Waals surface area (Å²) in [5.74, 6) is 0. The van der Waals surface area contributed by atoms with Gasteiger partial charge in [0.15, 0.2) is 0 Å². The number of benzene rings is 1. The SMILES string of the molecule is CC(NCC(O)c1ccc(C(C)(C)C)cc1)c1ccncc1. The van der Waals surface area contributed by atoms with Gasteiger partial charge in [-0.1, -0.05) is 45.0 Å². The first-order chi connectivity index (χ1) is 10.4. The number of aliphatic hydroxyl groups excluding tert-OH is 1. The molecule has 1 heterocycles. The van der Waals surface area contributed by atoms with E-state index in [0.717, 1.165) is 5.56 Å². The third-order valence-electron chi connectivity index (χ3n) is 3.98. The van der Waals surface area contributed by atoms with E-state index in [0.29, 0.717) is 6.54 Å². The van der Waals surface area contributed by atoms with Crippen LogP contribution in [0.3, 0.4) is 0 Å². The van der Waals surface area contributed by atoms with Crippen LogP contribution in [0.1, 0.15) is 56.5 Å². The minimum atomic E-state index is -0.502. The van der Waals surface area contributed by atoms with E-state index in [-0.39, 0.29) is 11.5 Å². The summed E-state index contributed by atoms with van der Waals surface area (Å²) < 4.78 is 0. The molecule has 2 unspecified atom stereocenters. The standard InChI is InChI=1S/C19H26N2O/c1-14(15-9-11-20-12-10-15)21-13-18(22)16-5-7-17(8-6-16)19(2,3)4/h5-12,14,18,21-22H,13H2,1-4H3. The molecule has 0 bridgehead atoms. The second-order valence-electron chi connectivity index (χ2n) is 6.80. The molecule has 1 aromatic carbocycles. The lowest BCUT2D eigenvalue weighted by Gasteiger charge is -2.21. The van der Waals surface area contributed by atoms with E-state index >= 15 is 0 Å². The molecule has 0 aliphatic heterocycles. The Kier molecular flexibility index (Phi) is 5.33. The number of aliphatic hydroxyl groups is 1. The maximum Gasteiger partial charge on any atom is 0.0914 e. The van der Waals surface area contributed by atoms with Gasteiger partial charge in [-0.05, 0) is 41.2 Å². The van der Waals surface area contributed by atoms with Gasteiger partial charge in [0.2, 0.25) is 0 Å². The number of hydrogen-bond acceptors (Lipinski definition) is 3. The first-order valence-corrected chi connectivity index (χ1v) is 7.80. The van der Waals surface area contributed by atoms with Crippen LogP contribution in [0.4, 0.5) is 0 Å². The number of rotatable bonds is 5. The van der Waals surface area contributed by atoms with E-state index < -0.39 is 6.10 Å². The minimum absolute atomic E-state index is 0.136. The average molecular weight is 298 g/mol. The van der Waals surface area contributed by atoms with Crippen molar-refractivity contribution in [1.29, 1.82) is 0 Å². The first kappa shape index (κ1) is 16.7. The molecule has 3 heteroatoms. The number of aromatic nitrogens is 1. The summed E-state index contributed by atoms with van der Waals surface area (Å²) in [6.07, 6.45) is 3.07. The lowest BCUT2D eigenvalue weighted by atomic mass is 9.86. The number of hydrogen-bond donors (Lipinski definition) is 2. The third-order valence-corrected chi connectivity index (χ3v) is 3.98. The molecule has 0 saturated carbocycles. The summed E-state index contributed by atoms with van der Waals surface area (Å²) >= 11 is 0. The van der Waals surface area contributed by atoms with Gasteiger partial charge in [0, 0.05) is 25.0 Å². The van der Waals surface area contributed by atoms with E-state index in [2.05, 4.69) is 50.1 Å². The van der Waals surface area contributed by atoms with E-state index in [1.807, 2.05) is 24.3 Å². The fourth-order valence-corrected chi connectivity index (χ4v) is 2.38. The van der Waals surface area contributed by atoms with Gasteiger partial charge in [0.1, 0.15) is 0 Å². The molecule has 1 aromatic heterocycles. The van der Waals surface area contributed by atoms with E-state index in [1.54, 1.807) is 12.4 Å². The highest BCUT2D eigenvalue weighted by molar-refractivity contribution is 5.28. The summed E-state index contributed by atoms with van der Waals surface area (Å²) in [4.78, 5) is 4.02. The maximum absolute atomic E-state index is 10.3. The summed E-state index contributed by atoms with van der Waals surface area (Å²) in [6.45, 7) is 9.19. The topological polar surface area (TPSA) is 45.1 Å². The second-order valence-corrected chi connectivity index (χ2v) is 6.80. The Morgan fingerprint density at radius 3 is 2.14 bits per heavy atom. The number of nitrogens with zero attached hydrogens (tertiary/aromatic N) is 1. The van der Waals surface area contributed by atoms with Gasteiger partial charge in [0.25, 0.3) is 0 Å². The molecular formula is C19H26N2O. The summed E-state index contributed by atoms with van der Waals surface area (Å²) in [6, 6.07) is 12.4. The number of pyridine rings is 1. The first-order valence-electron chi connectivity index (χ1n) is 7.80. The van der Waals surface area contributed by atoms with Crippen LogP contribution >= 0.6 is 0 Å². The lowest BCUT2D eigenvalue weighted by Crippen LogP contribution is -2.24. The predicted octanol–water partition coefficient (Wildman–Crippen LogP) is 3.76. The molecule has 118 valence electrons. The summed E-state index contributed by atoms with van der Waals surface area (Å²) in [7, 11) is 0. The molecule has 0 spiro atoms. The Hall–Kier alpha value is -1.71. The fraction of sp³-hybridized carbons (Fsp3) is 0.421.